The Bertz CT molecular complexity index is 1170. The zero-order valence-electron chi connectivity index (χ0n) is 21.8. The number of benzene rings is 1. The van der Waals surface area contributed by atoms with Crippen molar-refractivity contribution in [1.82, 2.24) is 19.5 Å². The molecule has 0 amide bonds. The lowest BCUT2D eigenvalue weighted by atomic mass is 9.92. The largest absolute Gasteiger partial charge is 0.493 e. The van der Waals surface area contributed by atoms with Gasteiger partial charge in [0.1, 0.15) is 0 Å². The summed E-state index contributed by atoms with van der Waals surface area (Å²) in [6.45, 7) is 0.511. The second-order valence-electron chi connectivity index (χ2n) is 9.80. The lowest BCUT2D eigenvalue weighted by Crippen LogP contribution is -2.33. The number of rotatable bonds is 9. The third kappa shape index (κ3) is 5.80. The summed E-state index contributed by atoms with van der Waals surface area (Å²) in [7, 11) is 4.84. The molecule has 202 valence electrons. The van der Waals surface area contributed by atoms with E-state index in [-0.39, 0.29) is 12.4 Å². The highest BCUT2D eigenvalue weighted by Gasteiger charge is 2.24. The van der Waals surface area contributed by atoms with Gasteiger partial charge in [0.15, 0.2) is 28.5 Å². The third-order valence-corrected chi connectivity index (χ3v) is 7.43. The van der Waals surface area contributed by atoms with Crippen LogP contribution in [0.4, 0.5) is 11.8 Å². The van der Waals surface area contributed by atoms with Gasteiger partial charge in [-0.1, -0.05) is 12.8 Å². The number of fused-ring (bicyclic) bond motifs is 1. The van der Waals surface area contributed by atoms with Crippen LogP contribution < -0.4 is 30.6 Å². The summed E-state index contributed by atoms with van der Waals surface area (Å²) < 4.78 is 18.7. The maximum absolute atomic E-state index is 6.11. The van der Waals surface area contributed by atoms with E-state index in [9.17, 15) is 0 Å². The molecule has 0 saturated heterocycles. The van der Waals surface area contributed by atoms with Gasteiger partial charge in [0.05, 0.1) is 27.7 Å². The van der Waals surface area contributed by atoms with Gasteiger partial charge in [-0.05, 0) is 56.2 Å². The van der Waals surface area contributed by atoms with Crippen LogP contribution in [0, 0.1) is 0 Å². The maximum Gasteiger partial charge on any atom is 0.227 e. The van der Waals surface area contributed by atoms with Crippen LogP contribution in [0.1, 0.15) is 63.0 Å². The van der Waals surface area contributed by atoms with E-state index >= 15 is 0 Å². The maximum atomic E-state index is 6.11. The molecule has 0 unspecified atom stereocenters. The minimum Gasteiger partial charge on any atom is -0.493 e. The van der Waals surface area contributed by atoms with Crippen LogP contribution in [0.5, 0.6) is 17.2 Å². The number of nitrogens with zero attached hydrogens (tertiary/aromatic N) is 4. The topological polar surface area (TPSA) is 121 Å². The Morgan fingerprint density at radius 3 is 2.24 bits per heavy atom. The van der Waals surface area contributed by atoms with Crippen molar-refractivity contribution in [3.63, 3.8) is 0 Å². The predicted molar refractivity (Wildman–Crippen MR) is 147 cm³/mol. The minimum atomic E-state index is 0. The lowest BCUT2D eigenvalue weighted by Gasteiger charge is -2.27. The normalized spacial score (nSPS) is 19.9. The SMILES string of the molecule is COc1cc(CNc2nc(NC3CCC(N)CC3)nc3c2ncn3C2CCCC2)cc(OC)c1OC.Cl. The Morgan fingerprint density at radius 2 is 1.62 bits per heavy atom. The van der Waals surface area contributed by atoms with Crippen LogP contribution >= 0.6 is 12.4 Å². The average Bonchev–Trinajstić information content (AvgIpc) is 3.58. The fraction of sp³-hybridized carbons (Fsp3) is 0.577. The molecule has 0 aliphatic heterocycles. The monoisotopic (exact) mass is 531 g/mol. The second-order valence-corrected chi connectivity index (χ2v) is 9.80. The highest BCUT2D eigenvalue weighted by molar-refractivity contribution is 5.85. The van der Waals surface area contributed by atoms with Crippen molar-refractivity contribution < 1.29 is 14.2 Å². The van der Waals surface area contributed by atoms with Gasteiger partial charge >= 0.3 is 0 Å². The van der Waals surface area contributed by atoms with Gasteiger partial charge in [-0.15, -0.1) is 12.4 Å². The van der Waals surface area contributed by atoms with E-state index in [1.165, 1.54) is 12.8 Å². The number of nitrogens with one attached hydrogen (secondary N) is 2. The van der Waals surface area contributed by atoms with E-state index in [1.807, 2.05) is 18.5 Å². The van der Waals surface area contributed by atoms with E-state index in [0.29, 0.717) is 53.7 Å². The molecular weight excluding hydrogens is 494 g/mol. The highest BCUT2D eigenvalue weighted by atomic mass is 35.5. The van der Waals surface area contributed by atoms with Crippen molar-refractivity contribution in [2.24, 2.45) is 5.73 Å². The highest BCUT2D eigenvalue weighted by Crippen LogP contribution is 2.39. The molecule has 2 saturated carbocycles. The summed E-state index contributed by atoms with van der Waals surface area (Å²) in [5, 5.41) is 7.07. The molecule has 2 aliphatic carbocycles. The zero-order chi connectivity index (χ0) is 25.1. The molecule has 4 N–H and O–H groups in total. The van der Waals surface area contributed by atoms with Crippen molar-refractivity contribution >= 4 is 35.3 Å². The molecule has 10 nitrogen and oxygen atoms in total. The number of ether oxygens (including phenoxy) is 3. The van der Waals surface area contributed by atoms with Gasteiger partial charge in [-0.3, -0.25) is 0 Å². The summed E-state index contributed by atoms with van der Waals surface area (Å²) in [4.78, 5) is 14.5. The van der Waals surface area contributed by atoms with Crippen molar-refractivity contribution in [3.05, 3.63) is 24.0 Å². The molecule has 0 spiro atoms. The molecule has 1 aromatic carbocycles. The van der Waals surface area contributed by atoms with Gasteiger partial charge in [0, 0.05) is 24.7 Å². The Kier molecular flexibility index (Phi) is 8.81. The van der Waals surface area contributed by atoms with Crippen LogP contribution in [0.15, 0.2) is 18.5 Å². The number of nitrogens with two attached hydrogens (primary N) is 1. The summed E-state index contributed by atoms with van der Waals surface area (Å²) in [6.07, 6.45) is 10.8. The number of anilines is 2. The third-order valence-electron chi connectivity index (χ3n) is 7.43. The first-order valence-corrected chi connectivity index (χ1v) is 12.9. The number of hydrogen-bond donors (Lipinski definition) is 3. The first kappa shape index (κ1) is 27.1. The summed E-state index contributed by atoms with van der Waals surface area (Å²) in [5.41, 5.74) is 8.74. The van der Waals surface area contributed by atoms with Gasteiger partial charge in [-0.2, -0.15) is 9.97 Å². The van der Waals surface area contributed by atoms with Crippen LogP contribution in [-0.2, 0) is 6.54 Å². The summed E-state index contributed by atoms with van der Waals surface area (Å²) in [5.74, 6) is 3.15. The number of imidazole rings is 1. The van der Waals surface area contributed by atoms with E-state index in [1.54, 1.807) is 21.3 Å². The van der Waals surface area contributed by atoms with E-state index in [0.717, 1.165) is 55.3 Å². The molecular formula is C26H38ClN7O3. The number of hydrogen-bond acceptors (Lipinski definition) is 9. The molecule has 11 heteroatoms. The van der Waals surface area contributed by atoms with Gasteiger partial charge in [-0.25, -0.2) is 4.98 Å². The van der Waals surface area contributed by atoms with Crippen LogP contribution in [0.2, 0.25) is 0 Å². The fourth-order valence-corrected chi connectivity index (χ4v) is 5.42. The predicted octanol–water partition coefficient (Wildman–Crippen LogP) is 4.68. The van der Waals surface area contributed by atoms with Crippen LogP contribution in [0.3, 0.4) is 0 Å². The Balaban J connectivity index is 0.00000320. The van der Waals surface area contributed by atoms with Crippen molar-refractivity contribution in [3.8, 4) is 17.2 Å². The van der Waals surface area contributed by atoms with Crippen molar-refractivity contribution in [1.29, 1.82) is 0 Å². The average molecular weight is 532 g/mol. The second kappa shape index (κ2) is 12.0. The lowest BCUT2D eigenvalue weighted by molar-refractivity contribution is 0.324. The number of aromatic nitrogens is 4. The molecule has 2 heterocycles. The number of halogens is 1. The molecule has 3 aromatic rings. The Hall–Kier alpha value is -2.98. The minimum absolute atomic E-state index is 0. The summed E-state index contributed by atoms with van der Waals surface area (Å²) >= 11 is 0. The molecule has 5 rings (SSSR count). The van der Waals surface area contributed by atoms with Crippen LogP contribution in [-0.4, -0.2) is 52.9 Å². The van der Waals surface area contributed by atoms with Gasteiger partial charge in [0.25, 0.3) is 0 Å². The van der Waals surface area contributed by atoms with Crippen LogP contribution in [0.25, 0.3) is 11.2 Å². The smallest absolute Gasteiger partial charge is 0.227 e. The molecule has 37 heavy (non-hydrogen) atoms. The molecule has 0 bridgehead atoms. The first-order chi connectivity index (χ1) is 17.6. The first-order valence-electron chi connectivity index (χ1n) is 12.9. The molecule has 2 fully saturated rings. The fourth-order valence-electron chi connectivity index (χ4n) is 5.42. The van der Waals surface area contributed by atoms with Gasteiger partial charge < -0.3 is 35.1 Å². The molecule has 0 radical (unpaired) electrons. The van der Waals surface area contributed by atoms with E-state index in [4.69, 9.17) is 34.9 Å². The molecule has 2 aliphatic rings. The van der Waals surface area contributed by atoms with Gasteiger partial charge in [0.2, 0.25) is 11.7 Å². The summed E-state index contributed by atoms with van der Waals surface area (Å²) in [6, 6.07) is 4.94. The van der Waals surface area contributed by atoms with E-state index in [2.05, 4.69) is 15.2 Å². The van der Waals surface area contributed by atoms with Crippen molar-refractivity contribution in [2.75, 3.05) is 32.0 Å². The quantitative estimate of drug-likeness (QED) is 0.361. The molecule has 0 atom stereocenters. The number of methoxy groups -OCH3 is 3. The Labute approximate surface area is 224 Å². The van der Waals surface area contributed by atoms with E-state index < -0.39 is 0 Å². The van der Waals surface area contributed by atoms with Crippen molar-refractivity contribution in [2.45, 2.75) is 76.0 Å². The standard InChI is InChI=1S/C26H37N7O3.ClH/c1-34-20-12-16(13-21(35-2)23(20)36-3)14-28-24-22-25(33(15-29-22)19-6-4-5-7-19)32-26(31-24)30-18-10-8-17(27)9-11-18;/h12-13,15,17-19H,4-11,14,27H2,1-3H3,(H2,28,30,31,32);1H. The Morgan fingerprint density at radius 1 is 0.946 bits per heavy atom. The molecule has 2 aromatic heterocycles. The zero-order valence-corrected chi connectivity index (χ0v) is 22.6.